The Labute approximate surface area is 91.6 Å². The molecule has 0 rings (SSSR count). The van der Waals surface area contributed by atoms with Gasteiger partial charge in [0.2, 0.25) is 0 Å². The Kier molecular flexibility index (Phi) is 5.71. The summed E-state index contributed by atoms with van der Waals surface area (Å²) >= 11 is 0. The van der Waals surface area contributed by atoms with Gasteiger partial charge in [-0.3, -0.25) is 0 Å². The third kappa shape index (κ3) is 6.08. The third-order valence-corrected chi connectivity index (χ3v) is 4.15. The predicted molar refractivity (Wildman–Crippen MR) is 57.0 cm³/mol. The summed E-state index contributed by atoms with van der Waals surface area (Å²) in [6, 6.07) is 0. The molecule has 0 aromatic carbocycles. The summed E-state index contributed by atoms with van der Waals surface area (Å²) in [7, 11) is -8.15. The molecule has 0 aliphatic heterocycles. The van der Waals surface area contributed by atoms with E-state index in [1.807, 2.05) is 0 Å². The quantitative estimate of drug-likeness (QED) is 0.658. The molecular weight excluding hydrogens is 242 g/mol. The summed E-state index contributed by atoms with van der Waals surface area (Å²) < 4.78 is 49.4. The predicted octanol–water partition coefficient (Wildman–Crippen LogP) is 0.329. The average Bonchev–Trinajstić information content (AvgIpc) is 1.99. The van der Waals surface area contributed by atoms with Crippen LogP contribution in [-0.2, 0) is 24.1 Å². The molecule has 0 amide bonds. The van der Waals surface area contributed by atoms with Crippen LogP contribution in [-0.4, -0.2) is 40.5 Å². The summed E-state index contributed by atoms with van der Waals surface area (Å²) in [5, 5.41) is 0. The van der Waals surface area contributed by atoms with Gasteiger partial charge in [-0.1, -0.05) is 13.8 Å². The van der Waals surface area contributed by atoms with Crippen molar-refractivity contribution in [2.75, 3.05) is 19.3 Å². The van der Waals surface area contributed by atoms with Crippen LogP contribution >= 0.6 is 0 Å². The monoisotopic (exact) mass is 259 g/mol. The lowest BCUT2D eigenvalue weighted by Crippen LogP contribution is -2.35. The Balaban J connectivity index is 4.79. The van der Waals surface area contributed by atoms with Gasteiger partial charge in [0.25, 0.3) is 10.1 Å². The Morgan fingerprint density at radius 2 is 1.40 bits per heavy atom. The first kappa shape index (κ1) is 14.8. The lowest BCUT2D eigenvalue weighted by Gasteiger charge is -2.18. The van der Waals surface area contributed by atoms with Crippen LogP contribution < -0.4 is 0 Å². The topological polar surface area (TPSA) is 80.8 Å². The van der Waals surface area contributed by atoms with Crippen molar-refractivity contribution >= 4 is 20.4 Å². The van der Waals surface area contributed by atoms with Crippen LogP contribution in [0.5, 0.6) is 0 Å². The molecular formula is C7H17NO5S2. The molecule has 0 spiro atoms. The summed E-state index contributed by atoms with van der Waals surface area (Å²) in [4.78, 5) is 0. The van der Waals surface area contributed by atoms with Gasteiger partial charge in [-0.25, -0.2) is 0 Å². The van der Waals surface area contributed by atoms with Crippen LogP contribution in [0.25, 0.3) is 0 Å². The molecule has 0 aromatic heterocycles. The molecule has 0 aliphatic rings. The molecule has 0 aromatic rings. The van der Waals surface area contributed by atoms with Crippen LogP contribution in [0.4, 0.5) is 0 Å². The zero-order valence-corrected chi connectivity index (χ0v) is 10.8. The second-order valence-corrected chi connectivity index (χ2v) is 6.45. The highest BCUT2D eigenvalue weighted by molar-refractivity contribution is 7.98. The van der Waals surface area contributed by atoms with E-state index in [2.05, 4.69) is 3.63 Å². The van der Waals surface area contributed by atoms with Crippen molar-refractivity contribution in [1.29, 1.82) is 0 Å². The lowest BCUT2D eigenvalue weighted by atomic mass is 10.4. The molecule has 0 bridgehead atoms. The van der Waals surface area contributed by atoms with Crippen molar-refractivity contribution < 1.29 is 20.5 Å². The third-order valence-electron chi connectivity index (χ3n) is 1.47. The fourth-order valence-electron chi connectivity index (χ4n) is 1.03. The van der Waals surface area contributed by atoms with E-state index in [0.29, 0.717) is 19.1 Å². The average molecular weight is 259 g/mol. The van der Waals surface area contributed by atoms with Crippen molar-refractivity contribution in [2.45, 2.75) is 26.7 Å². The minimum Gasteiger partial charge on any atom is -0.199 e. The molecule has 0 saturated carbocycles. The van der Waals surface area contributed by atoms with E-state index in [4.69, 9.17) is 0 Å². The van der Waals surface area contributed by atoms with Gasteiger partial charge < -0.3 is 0 Å². The van der Waals surface area contributed by atoms with Crippen LogP contribution in [0, 0.1) is 0 Å². The van der Waals surface area contributed by atoms with Gasteiger partial charge in [-0.15, -0.1) is 3.63 Å². The first-order valence-corrected chi connectivity index (χ1v) is 7.82. The minimum absolute atomic E-state index is 0.256. The minimum atomic E-state index is -4.16. The van der Waals surface area contributed by atoms with Gasteiger partial charge in [-0.2, -0.15) is 21.1 Å². The van der Waals surface area contributed by atoms with Gasteiger partial charge in [0.05, 0.1) is 6.26 Å². The van der Waals surface area contributed by atoms with Crippen molar-refractivity contribution in [2.24, 2.45) is 0 Å². The van der Waals surface area contributed by atoms with Crippen LogP contribution in [0.3, 0.4) is 0 Å². The van der Waals surface area contributed by atoms with E-state index < -0.39 is 20.4 Å². The van der Waals surface area contributed by atoms with Gasteiger partial charge in [0.15, 0.2) is 0 Å². The van der Waals surface area contributed by atoms with E-state index in [1.54, 1.807) is 13.8 Å². The molecule has 0 aliphatic carbocycles. The lowest BCUT2D eigenvalue weighted by molar-refractivity contribution is 0.355. The smallest absolute Gasteiger partial charge is 0.199 e. The van der Waals surface area contributed by atoms with Gasteiger partial charge in [0, 0.05) is 13.1 Å². The molecule has 0 unspecified atom stereocenters. The highest BCUT2D eigenvalue weighted by Gasteiger charge is 2.25. The van der Waals surface area contributed by atoms with Crippen LogP contribution in [0.15, 0.2) is 0 Å². The summed E-state index contributed by atoms with van der Waals surface area (Å²) in [5.41, 5.74) is 0. The van der Waals surface area contributed by atoms with Gasteiger partial charge in [-0.05, 0) is 12.8 Å². The molecule has 0 N–H and O–H groups in total. The van der Waals surface area contributed by atoms with Crippen LogP contribution in [0.1, 0.15) is 26.7 Å². The second-order valence-electron chi connectivity index (χ2n) is 3.13. The van der Waals surface area contributed by atoms with E-state index in [1.165, 1.54) is 0 Å². The molecule has 8 heteroatoms. The maximum atomic E-state index is 11.5. The molecule has 0 saturated heterocycles. The molecule has 0 radical (unpaired) electrons. The summed E-state index contributed by atoms with van der Waals surface area (Å²) in [6.45, 7) is 4.12. The van der Waals surface area contributed by atoms with Crippen molar-refractivity contribution in [3.63, 3.8) is 0 Å². The second kappa shape index (κ2) is 5.78. The number of rotatable bonds is 7. The zero-order chi connectivity index (χ0) is 12.1. The summed E-state index contributed by atoms with van der Waals surface area (Å²) in [5.74, 6) is 0. The van der Waals surface area contributed by atoms with Gasteiger partial charge in [0.1, 0.15) is 0 Å². The van der Waals surface area contributed by atoms with Crippen molar-refractivity contribution in [1.82, 2.24) is 4.31 Å². The molecule has 6 nitrogen and oxygen atoms in total. The number of hydrogen-bond acceptors (Lipinski definition) is 5. The van der Waals surface area contributed by atoms with E-state index in [9.17, 15) is 16.8 Å². The Morgan fingerprint density at radius 3 is 1.67 bits per heavy atom. The standard InChI is InChI=1S/C7H17NO5S2/c1-4-6-8(7-5-2)15(11,12)13-14(3,9)10/h4-7H2,1-3H3. The Bertz CT molecular complexity index is 366. The van der Waals surface area contributed by atoms with Crippen LogP contribution in [0.2, 0.25) is 0 Å². The largest absolute Gasteiger partial charge is 0.353 e. The highest BCUT2D eigenvalue weighted by Crippen LogP contribution is 2.08. The molecule has 92 valence electrons. The molecule has 0 atom stereocenters. The Hall–Kier alpha value is -0.180. The van der Waals surface area contributed by atoms with Crippen molar-refractivity contribution in [3.8, 4) is 0 Å². The fourth-order valence-corrected chi connectivity index (χ4v) is 3.44. The number of hydrogen-bond donors (Lipinski definition) is 0. The molecule has 0 fully saturated rings. The van der Waals surface area contributed by atoms with E-state index >= 15 is 0 Å². The van der Waals surface area contributed by atoms with Gasteiger partial charge >= 0.3 is 10.3 Å². The Morgan fingerprint density at radius 1 is 1.00 bits per heavy atom. The maximum Gasteiger partial charge on any atom is 0.353 e. The first-order chi connectivity index (χ1) is 6.73. The summed E-state index contributed by atoms with van der Waals surface area (Å²) in [6.07, 6.45) is 1.92. The number of nitrogens with zero attached hydrogens (tertiary/aromatic N) is 1. The molecule has 15 heavy (non-hydrogen) atoms. The zero-order valence-electron chi connectivity index (χ0n) is 9.13. The fraction of sp³-hybridized carbons (Fsp3) is 1.00. The SMILES string of the molecule is CCCN(CCC)S(=O)(=O)OS(C)(=O)=O. The highest BCUT2D eigenvalue weighted by atomic mass is 32.3. The maximum absolute atomic E-state index is 11.5. The van der Waals surface area contributed by atoms with Crippen molar-refractivity contribution in [3.05, 3.63) is 0 Å². The van der Waals surface area contributed by atoms with E-state index in [0.717, 1.165) is 4.31 Å². The normalized spacial score (nSPS) is 13.3. The molecule has 0 heterocycles. The van der Waals surface area contributed by atoms with E-state index in [-0.39, 0.29) is 13.1 Å². The first-order valence-electron chi connectivity index (χ1n) is 4.64.